The first-order chi connectivity index (χ1) is 12.3. The normalized spacial score (nSPS) is 17.1. The molecule has 0 N–H and O–H groups in total. The fourth-order valence-electron chi connectivity index (χ4n) is 3.37. The molecule has 5 nitrogen and oxygen atoms in total. The van der Waals surface area contributed by atoms with Crippen LogP contribution in [0.25, 0.3) is 0 Å². The van der Waals surface area contributed by atoms with E-state index in [1.807, 2.05) is 12.4 Å². The molecule has 0 atom stereocenters. The Labute approximate surface area is 158 Å². The van der Waals surface area contributed by atoms with Crippen LogP contribution in [0.5, 0.6) is 0 Å². The number of benzene rings is 1. The van der Waals surface area contributed by atoms with Crippen molar-refractivity contribution in [3.05, 3.63) is 47.3 Å². The Morgan fingerprint density at radius 3 is 2.62 bits per heavy atom. The molecule has 1 aromatic carbocycles. The SMILES string of the molecule is CC(C)c1nccn1CC1CCN(S(=O)(=O)c2ccc(F)c(Cl)c2)CC1. The Bertz CT molecular complexity index is 874. The van der Waals surface area contributed by atoms with Crippen LogP contribution >= 0.6 is 11.6 Å². The van der Waals surface area contributed by atoms with Crippen molar-refractivity contribution in [1.82, 2.24) is 13.9 Å². The monoisotopic (exact) mass is 399 g/mol. The molecule has 0 radical (unpaired) electrons. The van der Waals surface area contributed by atoms with Gasteiger partial charge >= 0.3 is 0 Å². The second-order valence-corrected chi connectivity index (χ2v) is 9.36. The molecule has 0 amide bonds. The lowest BCUT2D eigenvalue weighted by Gasteiger charge is -2.31. The van der Waals surface area contributed by atoms with Crippen LogP contribution in [0.2, 0.25) is 5.02 Å². The maximum atomic E-state index is 13.3. The minimum absolute atomic E-state index is 0.0408. The number of piperidine rings is 1. The smallest absolute Gasteiger partial charge is 0.243 e. The molecule has 3 rings (SSSR count). The van der Waals surface area contributed by atoms with Gasteiger partial charge in [-0.05, 0) is 37.0 Å². The molecule has 26 heavy (non-hydrogen) atoms. The minimum Gasteiger partial charge on any atom is -0.334 e. The van der Waals surface area contributed by atoms with Gasteiger partial charge in [-0.3, -0.25) is 0 Å². The highest BCUT2D eigenvalue weighted by molar-refractivity contribution is 7.89. The van der Waals surface area contributed by atoms with E-state index in [9.17, 15) is 12.8 Å². The molecular formula is C18H23ClFN3O2S. The Hall–Kier alpha value is -1.44. The predicted molar refractivity (Wildman–Crippen MR) is 99.2 cm³/mol. The first-order valence-corrected chi connectivity index (χ1v) is 10.6. The summed E-state index contributed by atoms with van der Waals surface area (Å²) in [4.78, 5) is 4.44. The van der Waals surface area contributed by atoms with Crippen LogP contribution in [-0.4, -0.2) is 35.4 Å². The summed E-state index contributed by atoms with van der Waals surface area (Å²) in [5, 5.41) is -0.178. The van der Waals surface area contributed by atoms with Gasteiger partial charge in [-0.15, -0.1) is 0 Å². The molecule has 2 heterocycles. The number of hydrogen-bond acceptors (Lipinski definition) is 3. The van der Waals surface area contributed by atoms with Crippen molar-refractivity contribution < 1.29 is 12.8 Å². The van der Waals surface area contributed by atoms with Crippen LogP contribution in [0.3, 0.4) is 0 Å². The summed E-state index contributed by atoms with van der Waals surface area (Å²) >= 11 is 5.74. The fraction of sp³-hybridized carbons (Fsp3) is 0.500. The second-order valence-electron chi connectivity index (χ2n) is 7.02. The zero-order chi connectivity index (χ0) is 18.9. The molecule has 1 aliphatic rings. The first-order valence-electron chi connectivity index (χ1n) is 8.75. The fourth-order valence-corrected chi connectivity index (χ4v) is 5.11. The van der Waals surface area contributed by atoms with E-state index in [0.717, 1.165) is 31.3 Å². The number of nitrogens with zero attached hydrogens (tertiary/aromatic N) is 3. The van der Waals surface area contributed by atoms with Crippen LogP contribution < -0.4 is 0 Å². The highest BCUT2D eigenvalue weighted by Gasteiger charge is 2.30. The summed E-state index contributed by atoms with van der Waals surface area (Å²) in [6.45, 7) is 5.98. The third-order valence-corrected chi connectivity index (χ3v) is 7.01. The molecular weight excluding hydrogens is 377 g/mol. The number of halogens is 2. The number of hydrogen-bond donors (Lipinski definition) is 0. The van der Waals surface area contributed by atoms with E-state index in [1.54, 1.807) is 0 Å². The largest absolute Gasteiger partial charge is 0.334 e. The Morgan fingerprint density at radius 1 is 1.31 bits per heavy atom. The van der Waals surface area contributed by atoms with E-state index in [1.165, 1.54) is 16.4 Å². The lowest BCUT2D eigenvalue weighted by Crippen LogP contribution is -2.39. The lowest BCUT2D eigenvalue weighted by atomic mass is 9.98. The van der Waals surface area contributed by atoms with Crippen molar-refractivity contribution in [2.24, 2.45) is 5.92 Å². The van der Waals surface area contributed by atoms with E-state index >= 15 is 0 Å². The summed E-state index contributed by atoms with van der Waals surface area (Å²) in [6, 6.07) is 3.54. The quantitative estimate of drug-likeness (QED) is 0.766. The number of imidazole rings is 1. The molecule has 1 aromatic heterocycles. The molecule has 0 spiro atoms. The van der Waals surface area contributed by atoms with Gasteiger partial charge in [0, 0.05) is 37.9 Å². The van der Waals surface area contributed by atoms with E-state index in [-0.39, 0.29) is 9.92 Å². The van der Waals surface area contributed by atoms with Gasteiger partial charge in [0.1, 0.15) is 11.6 Å². The predicted octanol–water partition coefficient (Wildman–Crippen LogP) is 3.90. The van der Waals surface area contributed by atoms with Gasteiger partial charge in [-0.25, -0.2) is 17.8 Å². The first kappa shape index (κ1) is 19.3. The summed E-state index contributed by atoms with van der Waals surface area (Å²) in [5.74, 6) is 1.20. The molecule has 2 aromatic rings. The molecule has 0 saturated carbocycles. The molecule has 1 fully saturated rings. The van der Waals surface area contributed by atoms with Crippen molar-refractivity contribution in [2.45, 2.75) is 44.0 Å². The van der Waals surface area contributed by atoms with Crippen molar-refractivity contribution >= 4 is 21.6 Å². The minimum atomic E-state index is -3.65. The van der Waals surface area contributed by atoms with Crippen molar-refractivity contribution in [1.29, 1.82) is 0 Å². The molecule has 1 aliphatic heterocycles. The van der Waals surface area contributed by atoms with Crippen LogP contribution in [0.4, 0.5) is 4.39 Å². The van der Waals surface area contributed by atoms with E-state index in [4.69, 9.17) is 11.6 Å². The highest BCUT2D eigenvalue weighted by atomic mass is 35.5. The number of rotatable bonds is 5. The average Bonchev–Trinajstić information content (AvgIpc) is 3.06. The summed E-state index contributed by atoms with van der Waals surface area (Å²) < 4.78 is 42.4. The molecule has 1 saturated heterocycles. The zero-order valence-electron chi connectivity index (χ0n) is 14.9. The third-order valence-electron chi connectivity index (χ3n) is 4.82. The number of sulfonamides is 1. The Kier molecular flexibility index (Phi) is 5.69. The van der Waals surface area contributed by atoms with Gasteiger partial charge in [0.2, 0.25) is 10.0 Å². The molecule has 0 aliphatic carbocycles. The summed E-state index contributed by atoms with van der Waals surface area (Å²) in [6.07, 6.45) is 5.36. The van der Waals surface area contributed by atoms with Gasteiger partial charge in [-0.1, -0.05) is 25.4 Å². The second kappa shape index (κ2) is 7.66. The van der Waals surface area contributed by atoms with Gasteiger partial charge in [0.05, 0.1) is 9.92 Å². The molecule has 0 unspecified atom stereocenters. The zero-order valence-corrected chi connectivity index (χ0v) is 16.5. The highest BCUT2D eigenvalue weighted by Crippen LogP contribution is 2.27. The van der Waals surface area contributed by atoms with Gasteiger partial charge in [0.15, 0.2) is 0 Å². The lowest BCUT2D eigenvalue weighted by molar-refractivity contribution is 0.251. The summed E-state index contributed by atoms with van der Waals surface area (Å²) in [7, 11) is -3.65. The van der Waals surface area contributed by atoms with E-state index in [2.05, 4.69) is 23.4 Å². The molecule has 142 valence electrons. The molecule has 0 bridgehead atoms. The van der Waals surface area contributed by atoms with Crippen LogP contribution in [-0.2, 0) is 16.6 Å². The number of aromatic nitrogens is 2. The Morgan fingerprint density at radius 2 is 2.00 bits per heavy atom. The van der Waals surface area contributed by atoms with Crippen LogP contribution in [0.15, 0.2) is 35.5 Å². The topological polar surface area (TPSA) is 55.2 Å². The van der Waals surface area contributed by atoms with Gasteiger partial charge < -0.3 is 4.57 Å². The average molecular weight is 400 g/mol. The van der Waals surface area contributed by atoms with Gasteiger partial charge in [0.25, 0.3) is 0 Å². The standard InChI is InChI=1S/C18H23ClFN3O2S/c1-13(2)18-21-7-10-22(18)12-14-5-8-23(9-6-14)26(24,25)15-3-4-17(20)16(19)11-15/h3-4,7,10-11,13-14H,5-6,8-9,12H2,1-2H3. The summed E-state index contributed by atoms with van der Waals surface area (Å²) in [5.41, 5.74) is 0. The van der Waals surface area contributed by atoms with E-state index in [0.29, 0.717) is 24.9 Å². The maximum Gasteiger partial charge on any atom is 0.243 e. The van der Waals surface area contributed by atoms with Crippen molar-refractivity contribution in [3.63, 3.8) is 0 Å². The Balaban J connectivity index is 1.66. The van der Waals surface area contributed by atoms with E-state index < -0.39 is 15.8 Å². The van der Waals surface area contributed by atoms with Crippen molar-refractivity contribution in [3.8, 4) is 0 Å². The van der Waals surface area contributed by atoms with Crippen LogP contribution in [0.1, 0.15) is 38.4 Å². The third kappa shape index (κ3) is 3.94. The maximum absolute atomic E-state index is 13.3. The van der Waals surface area contributed by atoms with Crippen molar-refractivity contribution in [2.75, 3.05) is 13.1 Å². The van der Waals surface area contributed by atoms with Crippen LogP contribution in [0, 0.1) is 11.7 Å². The molecule has 8 heteroatoms. The van der Waals surface area contributed by atoms with Gasteiger partial charge in [-0.2, -0.15) is 4.31 Å².